The maximum atomic E-state index is 12.6. The number of nitrogens with zero attached hydrogens (tertiary/aromatic N) is 1. The zero-order chi connectivity index (χ0) is 15.0. The van der Waals surface area contributed by atoms with Gasteiger partial charge in [-0.15, -0.1) is 0 Å². The van der Waals surface area contributed by atoms with Gasteiger partial charge in [0.25, 0.3) is 0 Å². The molecule has 3 rings (SSSR count). The summed E-state index contributed by atoms with van der Waals surface area (Å²) in [6.45, 7) is 0.614. The molecule has 0 bridgehead atoms. The van der Waals surface area contributed by atoms with Crippen molar-refractivity contribution in [3.05, 3.63) is 35.9 Å². The van der Waals surface area contributed by atoms with E-state index in [1.54, 1.807) is 17.0 Å². The standard InChI is InChI=1S/C15H18N2O3S/c16-21(19,20)13-6-7-14-12(10-13)8-9-17(14)15(18)11-4-2-1-3-5-11/h1-2,6-7,10-11H,3-5,8-9H2,(H2,16,19,20). The number of hydrogen-bond acceptors (Lipinski definition) is 3. The first-order valence-corrected chi connectivity index (χ1v) is 8.63. The summed E-state index contributed by atoms with van der Waals surface area (Å²) in [4.78, 5) is 14.5. The monoisotopic (exact) mass is 306 g/mol. The van der Waals surface area contributed by atoms with Gasteiger partial charge in [-0.05, 0) is 49.4 Å². The first-order valence-electron chi connectivity index (χ1n) is 7.09. The largest absolute Gasteiger partial charge is 0.312 e. The highest BCUT2D eigenvalue weighted by atomic mass is 32.2. The van der Waals surface area contributed by atoms with Crippen LogP contribution in [0.2, 0.25) is 0 Å². The van der Waals surface area contributed by atoms with Crippen LogP contribution < -0.4 is 10.0 Å². The molecule has 1 heterocycles. The van der Waals surface area contributed by atoms with E-state index in [1.807, 2.05) is 0 Å². The molecular formula is C15H18N2O3S. The highest BCUT2D eigenvalue weighted by Gasteiger charge is 2.30. The molecule has 0 fully saturated rings. The maximum Gasteiger partial charge on any atom is 0.238 e. The summed E-state index contributed by atoms with van der Waals surface area (Å²) in [7, 11) is -3.70. The number of benzene rings is 1. The number of fused-ring (bicyclic) bond motifs is 1. The number of allylic oxidation sites excluding steroid dienone is 2. The summed E-state index contributed by atoms with van der Waals surface area (Å²) in [5.74, 6) is 0.181. The normalized spacial score (nSPS) is 21.4. The van der Waals surface area contributed by atoms with Gasteiger partial charge in [0.15, 0.2) is 0 Å². The van der Waals surface area contributed by atoms with Crippen LogP contribution in [0.5, 0.6) is 0 Å². The number of carbonyl (C=O) groups is 1. The summed E-state index contributed by atoms with van der Waals surface area (Å²) in [6.07, 6.45) is 7.47. The first kappa shape index (κ1) is 14.3. The molecule has 0 saturated carbocycles. The van der Waals surface area contributed by atoms with Crippen molar-refractivity contribution in [1.82, 2.24) is 0 Å². The highest BCUT2D eigenvalue weighted by molar-refractivity contribution is 7.89. The van der Waals surface area contributed by atoms with Gasteiger partial charge in [0.2, 0.25) is 15.9 Å². The predicted molar refractivity (Wildman–Crippen MR) is 80.4 cm³/mol. The second kappa shape index (κ2) is 5.27. The first-order chi connectivity index (χ1) is 9.97. The Kier molecular flexibility index (Phi) is 3.59. The van der Waals surface area contributed by atoms with Crippen molar-refractivity contribution >= 4 is 21.6 Å². The Bertz CT molecular complexity index is 710. The number of carbonyl (C=O) groups excluding carboxylic acids is 1. The lowest BCUT2D eigenvalue weighted by molar-refractivity contribution is -0.122. The smallest absolute Gasteiger partial charge is 0.238 e. The second-order valence-electron chi connectivity index (χ2n) is 5.56. The third-order valence-corrected chi connectivity index (χ3v) is 5.07. The fourth-order valence-electron chi connectivity index (χ4n) is 3.02. The summed E-state index contributed by atoms with van der Waals surface area (Å²) < 4.78 is 22.8. The molecule has 1 atom stereocenters. The van der Waals surface area contributed by atoms with Crippen LogP contribution in [-0.4, -0.2) is 20.9 Å². The Labute approximate surface area is 124 Å². The number of primary sulfonamides is 1. The van der Waals surface area contributed by atoms with Crippen LogP contribution in [0, 0.1) is 5.92 Å². The van der Waals surface area contributed by atoms with Crippen molar-refractivity contribution in [2.75, 3.05) is 11.4 Å². The van der Waals surface area contributed by atoms with Gasteiger partial charge in [0, 0.05) is 18.2 Å². The van der Waals surface area contributed by atoms with E-state index in [-0.39, 0.29) is 16.7 Å². The Hall–Kier alpha value is -1.66. The lowest BCUT2D eigenvalue weighted by atomic mass is 9.93. The molecule has 0 radical (unpaired) electrons. The van der Waals surface area contributed by atoms with Crippen LogP contribution in [-0.2, 0) is 21.2 Å². The molecule has 2 aliphatic rings. The molecule has 6 heteroatoms. The quantitative estimate of drug-likeness (QED) is 0.842. The van der Waals surface area contributed by atoms with Crippen LogP contribution in [0.4, 0.5) is 5.69 Å². The Morgan fingerprint density at radius 1 is 1.29 bits per heavy atom. The molecule has 1 unspecified atom stereocenters. The number of rotatable bonds is 2. The van der Waals surface area contributed by atoms with E-state index in [2.05, 4.69) is 12.2 Å². The Balaban J connectivity index is 1.87. The number of nitrogens with two attached hydrogens (primary N) is 1. The minimum absolute atomic E-state index is 0.0406. The van der Waals surface area contributed by atoms with Crippen molar-refractivity contribution in [2.24, 2.45) is 11.1 Å². The number of amides is 1. The third-order valence-electron chi connectivity index (χ3n) is 4.16. The second-order valence-corrected chi connectivity index (χ2v) is 7.12. The summed E-state index contributed by atoms with van der Waals surface area (Å²) in [6, 6.07) is 4.75. The minimum atomic E-state index is -3.70. The fraction of sp³-hybridized carbons (Fsp3) is 0.400. The van der Waals surface area contributed by atoms with Gasteiger partial charge >= 0.3 is 0 Å². The topological polar surface area (TPSA) is 80.5 Å². The molecule has 1 aromatic rings. The molecule has 1 aliphatic heterocycles. The lowest BCUT2D eigenvalue weighted by Crippen LogP contribution is -2.35. The summed E-state index contributed by atoms with van der Waals surface area (Å²) in [5.41, 5.74) is 1.70. The fourth-order valence-corrected chi connectivity index (χ4v) is 3.59. The van der Waals surface area contributed by atoms with Crippen LogP contribution in [0.25, 0.3) is 0 Å². The van der Waals surface area contributed by atoms with E-state index >= 15 is 0 Å². The maximum absolute atomic E-state index is 12.6. The summed E-state index contributed by atoms with van der Waals surface area (Å²) in [5, 5.41) is 5.15. The molecule has 0 saturated heterocycles. The van der Waals surface area contributed by atoms with E-state index in [0.717, 1.165) is 30.5 Å². The van der Waals surface area contributed by atoms with Gasteiger partial charge < -0.3 is 4.90 Å². The van der Waals surface area contributed by atoms with Crippen molar-refractivity contribution < 1.29 is 13.2 Å². The zero-order valence-electron chi connectivity index (χ0n) is 11.7. The van der Waals surface area contributed by atoms with E-state index in [9.17, 15) is 13.2 Å². The van der Waals surface area contributed by atoms with E-state index in [1.165, 1.54) is 6.07 Å². The molecular weight excluding hydrogens is 288 g/mol. The van der Waals surface area contributed by atoms with E-state index in [0.29, 0.717) is 13.0 Å². The SMILES string of the molecule is NS(=O)(=O)c1ccc2c(c1)CCN2C(=O)C1CC=CCC1. The lowest BCUT2D eigenvalue weighted by Gasteiger charge is -2.24. The van der Waals surface area contributed by atoms with Crippen molar-refractivity contribution in [3.8, 4) is 0 Å². The number of anilines is 1. The van der Waals surface area contributed by atoms with Gasteiger partial charge in [-0.3, -0.25) is 4.79 Å². The molecule has 1 aliphatic carbocycles. The van der Waals surface area contributed by atoms with Crippen LogP contribution in [0.15, 0.2) is 35.2 Å². The van der Waals surface area contributed by atoms with Crippen LogP contribution in [0.3, 0.4) is 0 Å². The highest BCUT2D eigenvalue weighted by Crippen LogP contribution is 2.32. The number of sulfonamides is 1. The molecule has 2 N–H and O–H groups in total. The molecule has 1 aromatic carbocycles. The average Bonchev–Trinajstić information content (AvgIpc) is 2.89. The van der Waals surface area contributed by atoms with Crippen LogP contribution >= 0.6 is 0 Å². The molecule has 112 valence electrons. The average molecular weight is 306 g/mol. The molecule has 0 aromatic heterocycles. The van der Waals surface area contributed by atoms with Crippen molar-refractivity contribution in [1.29, 1.82) is 0 Å². The van der Waals surface area contributed by atoms with Gasteiger partial charge in [-0.25, -0.2) is 13.6 Å². The predicted octanol–water partition coefficient (Wildman–Crippen LogP) is 1.58. The molecule has 5 nitrogen and oxygen atoms in total. The van der Waals surface area contributed by atoms with Crippen molar-refractivity contribution in [3.63, 3.8) is 0 Å². The molecule has 1 amide bonds. The Morgan fingerprint density at radius 2 is 2.10 bits per heavy atom. The Morgan fingerprint density at radius 3 is 2.76 bits per heavy atom. The number of hydrogen-bond donors (Lipinski definition) is 1. The van der Waals surface area contributed by atoms with Gasteiger partial charge in [0.05, 0.1) is 4.90 Å². The minimum Gasteiger partial charge on any atom is -0.312 e. The molecule has 0 spiro atoms. The van der Waals surface area contributed by atoms with E-state index < -0.39 is 10.0 Å². The van der Waals surface area contributed by atoms with Gasteiger partial charge in [-0.2, -0.15) is 0 Å². The van der Waals surface area contributed by atoms with Crippen LogP contribution in [0.1, 0.15) is 24.8 Å². The van der Waals surface area contributed by atoms with Crippen molar-refractivity contribution in [2.45, 2.75) is 30.6 Å². The van der Waals surface area contributed by atoms with Gasteiger partial charge in [0.1, 0.15) is 0 Å². The zero-order valence-corrected chi connectivity index (χ0v) is 12.5. The van der Waals surface area contributed by atoms with E-state index in [4.69, 9.17) is 5.14 Å². The molecule has 21 heavy (non-hydrogen) atoms. The van der Waals surface area contributed by atoms with Gasteiger partial charge in [-0.1, -0.05) is 12.2 Å². The summed E-state index contributed by atoms with van der Waals surface area (Å²) >= 11 is 0. The third kappa shape index (κ3) is 2.73.